The average Bonchev–Trinajstić information content (AvgIpc) is 3.02. The normalized spacial score (nSPS) is 15.1. The van der Waals surface area contributed by atoms with Gasteiger partial charge in [-0.2, -0.15) is 0 Å². The van der Waals surface area contributed by atoms with Gasteiger partial charge in [0, 0.05) is 49.3 Å². The number of nitrogens with two attached hydrogens (primary N) is 1. The summed E-state index contributed by atoms with van der Waals surface area (Å²) in [5.74, 6) is 0.417. The van der Waals surface area contributed by atoms with Crippen LogP contribution in [0.3, 0.4) is 0 Å². The molecule has 2 aromatic carbocycles. The molecular weight excluding hydrogens is 440 g/mol. The molecule has 7 nitrogen and oxygen atoms in total. The second-order valence-corrected chi connectivity index (χ2v) is 9.15. The SMILES string of the molecule is CCCN(CCC)C(=O)C1=Cc2ccc(-c3ccc4c(c3)CCN(CCO)C4=O)cc2N=C(N)C1. The van der Waals surface area contributed by atoms with E-state index in [9.17, 15) is 14.7 Å². The van der Waals surface area contributed by atoms with Crippen molar-refractivity contribution in [1.82, 2.24) is 9.80 Å². The lowest BCUT2D eigenvalue weighted by molar-refractivity contribution is -0.127. The number of aliphatic hydroxyl groups excluding tert-OH is 1. The van der Waals surface area contributed by atoms with Crippen LogP contribution in [0.25, 0.3) is 17.2 Å². The number of amides is 2. The summed E-state index contributed by atoms with van der Waals surface area (Å²) in [5, 5.41) is 9.20. The van der Waals surface area contributed by atoms with Crippen molar-refractivity contribution in [1.29, 1.82) is 0 Å². The summed E-state index contributed by atoms with van der Waals surface area (Å²) < 4.78 is 0. The first-order valence-electron chi connectivity index (χ1n) is 12.5. The maximum atomic E-state index is 13.2. The molecule has 2 aliphatic rings. The third-order valence-corrected chi connectivity index (χ3v) is 6.52. The minimum absolute atomic E-state index is 0.0263. The Morgan fingerprint density at radius 3 is 2.54 bits per heavy atom. The maximum absolute atomic E-state index is 13.2. The lowest BCUT2D eigenvalue weighted by atomic mass is 9.93. The molecule has 7 heteroatoms. The highest BCUT2D eigenvalue weighted by atomic mass is 16.3. The first kappa shape index (κ1) is 24.7. The Kier molecular flexibility index (Phi) is 7.66. The Bertz CT molecular complexity index is 1180. The number of rotatable bonds is 8. The fraction of sp³-hybridized carbons (Fsp3) is 0.393. The van der Waals surface area contributed by atoms with Gasteiger partial charge in [0.15, 0.2) is 0 Å². The standard InChI is InChI=1S/C28H34N4O3/c1-3-10-31(11-4-2)27(34)23-16-22-6-5-20(17-25(22)30-26(29)18-23)19-7-8-24-21(15-19)9-12-32(13-14-33)28(24)35/h5-8,15-17,33H,3-4,9-14,18H2,1-2H3,(H2,29,30). The van der Waals surface area contributed by atoms with E-state index in [2.05, 4.69) is 24.9 Å². The number of carbonyl (C=O) groups excluding carboxylic acids is 2. The Balaban J connectivity index is 1.64. The van der Waals surface area contributed by atoms with Gasteiger partial charge in [0.2, 0.25) is 5.91 Å². The van der Waals surface area contributed by atoms with Gasteiger partial charge in [-0.25, -0.2) is 4.99 Å². The molecule has 0 aromatic heterocycles. The van der Waals surface area contributed by atoms with E-state index in [1.54, 1.807) is 4.90 Å². The quantitative estimate of drug-likeness (QED) is 0.608. The highest BCUT2D eigenvalue weighted by molar-refractivity contribution is 6.05. The zero-order valence-electron chi connectivity index (χ0n) is 20.6. The molecule has 2 heterocycles. The van der Waals surface area contributed by atoms with E-state index in [0.717, 1.165) is 60.3 Å². The molecule has 3 N–H and O–H groups in total. The highest BCUT2D eigenvalue weighted by Crippen LogP contribution is 2.33. The number of aliphatic hydroxyl groups is 1. The predicted octanol–water partition coefficient (Wildman–Crippen LogP) is 3.77. The Morgan fingerprint density at radius 1 is 1.11 bits per heavy atom. The van der Waals surface area contributed by atoms with Crippen molar-refractivity contribution in [3.63, 3.8) is 0 Å². The number of aliphatic imine (C=N–C) groups is 1. The number of nitrogens with zero attached hydrogens (tertiary/aromatic N) is 3. The molecule has 0 saturated carbocycles. The molecular formula is C28H34N4O3. The number of fused-ring (bicyclic) bond motifs is 2. The number of hydrogen-bond acceptors (Lipinski definition) is 5. The van der Waals surface area contributed by atoms with Gasteiger partial charge in [-0.15, -0.1) is 0 Å². The molecule has 2 amide bonds. The van der Waals surface area contributed by atoms with Crippen LogP contribution < -0.4 is 5.73 Å². The van der Waals surface area contributed by atoms with Crippen LogP contribution in [0.1, 0.15) is 54.6 Å². The largest absolute Gasteiger partial charge is 0.395 e. The first-order valence-corrected chi connectivity index (χ1v) is 12.5. The van der Waals surface area contributed by atoms with Crippen LogP contribution in [0.4, 0.5) is 5.69 Å². The summed E-state index contributed by atoms with van der Waals surface area (Å²) in [5.41, 5.74) is 12.2. The predicted molar refractivity (Wildman–Crippen MR) is 140 cm³/mol. The van der Waals surface area contributed by atoms with Gasteiger partial charge in [0.05, 0.1) is 12.3 Å². The molecule has 0 spiro atoms. The van der Waals surface area contributed by atoms with Crippen LogP contribution in [0.15, 0.2) is 47.0 Å². The number of amidine groups is 1. The topological polar surface area (TPSA) is 99.2 Å². The van der Waals surface area contributed by atoms with Crippen molar-refractivity contribution < 1.29 is 14.7 Å². The van der Waals surface area contributed by atoms with Gasteiger partial charge in [-0.3, -0.25) is 9.59 Å². The minimum atomic E-state index is -0.0336. The van der Waals surface area contributed by atoms with E-state index < -0.39 is 0 Å². The monoisotopic (exact) mass is 474 g/mol. The van der Waals surface area contributed by atoms with Gasteiger partial charge in [0.1, 0.15) is 5.84 Å². The van der Waals surface area contributed by atoms with E-state index in [1.165, 1.54) is 0 Å². The Labute approximate surface area is 206 Å². The second kappa shape index (κ2) is 10.9. The smallest absolute Gasteiger partial charge is 0.254 e. The molecule has 184 valence electrons. The van der Waals surface area contributed by atoms with Crippen LogP contribution in [0.2, 0.25) is 0 Å². The molecule has 0 unspecified atom stereocenters. The van der Waals surface area contributed by atoms with Crippen molar-refractivity contribution in [3.05, 3.63) is 58.7 Å². The number of β-amino-alcohol motifs (C(OH)–C–C–N with tert-alkyl or cyclic N) is 1. The lowest BCUT2D eigenvalue weighted by Crippen LogP contribution is -2.39. The minimum Gasteiger partial charge on any atom is -0.395 e. The maximum Gasteiger partial charge on any atom is 0.254 e. The highest BCUT2D eigenvalue weighted by Gasteiger charge is 2.24. The summed E-state index contributed by atoms with van der Waals surface area (Å²) in [6.45, 7) is 6.54. The molecule has 4 rings (SSSR count). The summed E-state index contributed by atoms with van der Waals surface area (Å²) in [4.78, 5) is 34.1. The zero-order valence-corrected chi connectivity index (χ0v) is 20.6. The molecule has 0 radical (unpaired) electrons. The number of carbonyl (C=O) groups is 2. The summed E-state index contributed by atoms with van der Waals surface area (Å²) >= 11 is 0. The third kappa shape index (κ3) is 5.30. The third-order valence-electron chi connectivity index (χ3n) is 6.52. The molecule has 35 heavy (non-hydrogen) atoms. The second-order valence-electron chi connectivity index (χ2n) is 9.15. The van der Waals surface area contributed by atoms with Gasteiger partial charge in [-0.05, 0) is 54.2 Å². The summed E-state index contributed by atoms with van der Waals surface area (Å²) in [6.07, 6.45) is 4.83. The molecule has 2 aromatic rings. The van der Waals surface area contributed by atoms with Crippen molar-refractivity contribution in [2.24, 2.45) is 10.7 Å². The molecule has 0 fully saturated rings. The van der Waals surface area contributed by atoms with Crippen LogP contribution >= 0.6 is 0 Å². The van der Waals surface area contributed by atoms with Crippen LogP contribution in [-0.2, 0) is 11.2 Å². The van der Waals surface area contributed by atoms with Gasteiger partial charge in [0.25, 0.3) is 5.91 Å². The van der Waals surface area contributed by atoms with E-state index in [-0.39, 0.29) is 18.4 Å². The molecule has 2 aliphatic heterocycles. The molecule has 0 saturated heterocycles. The van der Waals surface area contributed by atoms with E-state index in [1.807, 2.05) is 41.3 Å². The summed E-state index contributed by atoms with van der Waals surface area (Å²) in [6, 6.07) is 11.9. The van der Waals surface area contributed by atoms with E-state index >= 15 is 0 Å². The van der Waals surface area contributed by atoms with Crippen LogP contribution in [0, 0.1) is 0 Å². The lowest BCUT2D eigenvalue weighted by Gasteiger charge is -2.28. The van der Waals surface area contributed by atoms with Crippen molar-refractivity contribution in [2.45, 2.75) is 39.5 Å². The van der Waals surface area contributed by atoms with Crippen molar-refractivity contribution in [2.75, 3.05) is 32.8 Å². The fourth-order valence-electron chi connectivity index (χ4n) is 4.82. The fourth-order valence-corrected chi connectivity index (χ4v) is 4.82. The van der Waals surface area contributed by atoms with Gasteiger partial charge >= 0.3 is 0 Å². The van der Waals surface area contributed by atoms with E-state index in [4.69, 9.17) is 5.73 Å². The van der Waals surface area contributed by atoms with Gasteiger partial charge in [-0.1, -0.05) is 38.1 Å². The van der Waals surface area contributed by atoms with E-state index in [0.29, 0.717) is 36.5 Å². The number of hydrogen-bond donors (Lipinski definition) is 2. The number of benzene rings is 2. The zero-order chi connectivity index (χ0) is 24.9. The van der Waals surface area contributed by atoms with Crippen molar-refractivity contribution in [3.8, 4) is 11.1 Å². The Hall–Kier alpha value is -3.45. The molecule has 0 bridgehead atoms. The molecule has 0 atom stereocenters. The molecule has 0 aliphatic carbocycles. The average molecular weight is 475 g/mol. The Morgan fingerprint density at radius 2 is 1.83 bits per heavy atom. The van der Waals surface area contributed by atoms with Crippen LogP contribution in [-0.4, -0.2) is 65.3 Å². The van der Waals surface area contributed by atoms with Crippen LogP contribution in [0.5, 0.6) is 0 Å². The summed E-state index contributed by atoms with van der Waals surface area (Å²) in [7, 11) is 0. The first-order chi connectivity index (χ1) is 16.9. The van der Waals surface area contributed by atoms with Crippen molar-refractivity contribution >= 4 is 29.4 Å². The van der Waals surface area contributed by atoms with Gasteiger partial charge < -0.3 is 20.6 Å².